The summed E-state index contributed by atoms with van der Waals surface area (Å²) in [6.45, 7) is 7.13. The monoisotopic (exact) mass is 351 g/mol. The van der Waals surface area contributed by atoms with Crippen molar-refractivity contribution in [2.45, 2.75) is 39.7 Å². The molecule has 1 atom stereocenters. The SMILES string of the molecule is Cc1cc(C)n2ncc(CN3CCC[C@@H](Cc4nccnc4N)C3)c2n1. The summed E-state index contributed by atoms with van der Waals surface area (Å²) in [6.07, 6.45) is 8.61. The van der Waals surface area contributed by atoms with Crippen LogP contribution in [-0.4, -0.2) is 42.6 Å². The van der Waals surface area contributed by atoms with Gasteiger partial charge in [-0.15, -0.1) is 0 Å². The van der Waals surface area contributed by atoms with Gasteiger partial charge in [-0.2, -0.15) is 5.10 Å². The van der Waals surface area contributed by atoms with E-state index in [1.54, 1.807) is 12.4 Å². The average molecular weight is 351 g/mol. The number of fused-ring (bicyclic) bond motifs is 1. The van der Waals surface area contributed by atoms with Crippen molar-refractivity contribution in [2.24, 2.45) is 5.92 Å². The lowest BCUT2D eigenvalue weighted by Crippen LogP contribution is -2.36. The summed E-state index contributed by atoms with van der Waals surface area (Å²) in [4.78, 5) is 15.8. The fourth-order valence-electron chi connectivity index (χ4n) is 3.94. The molecule has 4 rings (SSSR count). The number of nitrogens with two attached hydrogens (primary N) is 1. The third kappa shape index (κ3) is 3.39. The van der Waals surface area contributed by atoms with Crippen LogP contribution in [0.1, 0.15) is 35.5 Å². The van der Waals surface area contributed by atoms with E-state index < -0.39 is 0 Å². The predicted molar refractivity (Wildman–Crippen MR) is 101 cm³/mol. The summed E-state index contributed by atoms with van der Waals surface area (Å²) in [5.41, 5.74) is 11.2. The molecule has 4 heterocycles. The zero-order chi connectivity index (χ0) is 18.1. The molecular weight excluding hydrogens is 326 g/mol. The standard InChI is InChI=1S/C19H25N7/c1-13-8-14(2)26-19(24-13)16(10-23-26)12-25-7-3-4-15(11-25)9-17-18(20)22-6-5-21-17/h5-6,8,10,15H,3-4,7,9,11-12H2,1-2H3,(H2,20,22)/t15-/m0/s1. The first kappa shape index (κ1) is 16.9. The van der Waals surface area contributed by atoms with Crippen LogP contribution in [0.3, 0.4) is 0 Å². The molecule has 0 saturated carbocycles. The predicted octanol–water partition coefficient (Wildman–Crippen LogP) is 2.17. The van der Waals surface area contributed by atoms with Crippen molar-refractivity contribution in [3.63, 3.8) is 0 Å². The largest absolute Gasteiger partial charge is 0.382 e. The molecule has 1 aliphatic rings. The highest BCUT2D eigenvalue weighted by molar-refractivity contribution is 5.47. The Balaban J connectivity index is 1.48. The van der Waals surface area contributed by atoms with Gasteiger partial charge in [0, 0.05) is 42.4 Å². The minimum Gasteiger partial charge on any atom is -0.382 e. The lowest BCUT2D eigenvalue weighted by molar-refractivity contribution is 0.167. The number of anilines is 1. The van der Waals surface area contributed by atoms with Crippen molar-refractivity contribution >= 4 is 11.5 Å². The Bertz CT molecular complexity index is 917. The van der Waals surface area contributed by atoms with Gasteiger partial charge in [-0.1, -0.05) is 0 Å². The zero-order valence-electron chi connectivity index (χ0n) is 15.4. The maximum absolute atomic E-state index is 5.97. The molecule has 0 aromatic carbocycles. The fraction of sp³-hybridized carbons (Fsp3) is 0.474. The lowest BCUT2D eigenvalue weighted by atomic mass is 9.93. The molecule has 0 aliphatic carbocycles. The van der Waals surface area contributed by atoms with E-state index in [9.17, 15) is 0 Å². The van der Waals surface area contributed by atoms with Crippen molar-refractivity contribution in [3.05, 3.63) is 47.3 Å². The molecule has 0 spiro atoms. The summed E-state index contributed by atoms with van der Waals surface area (Å²) in [5, 5.41) is 4.52. The quantitative estimate of drug-likeness (QED) is 0.775. The number of nitrogens with zero attached hydrogens (tertiary/aromatic N) is 6. The summed E-state index contributed by atoms with van der Waals surface area (Å²) in [6, 6.07) is 2.06. The summed E-state index contributed by atoms with van der Waals surface area (Å²) in [7, 11) is 0. The number of nitrogen functional groups attached to an aromatic ring is 1. The van der Waals surface area contributed by atoms with E-state index >= 15 is 0 Å². The van der Waals surface area contributed by atoms with Gasteiger partial charge in [-0.25, -0.2) is 14.5 Å². The Hall–Kier alpha value is -2.54. The second-order valence-corrected chi connectivity index (χ2v) is 7.28. The molecule has 0 unspecified atom stereocenters. The Kier molecular flexibility index (Phi) is 4.55. The molecule has 7 heteroatoms. The minimum atomic E-state index is 0.557. The molecule has 0 radical (unpaired) electrons. The van der Waals surface area contributed by atoms with Gasteiger partial charge in [0.05, 0.1) is 11.9 Å². The van der Waals surface area contributed by atoms with E-state index in [0.29, 0.717) is 11.7 Å². The molecule has 1 aliphatic heterocycles. The van der Waals surface area contributed by atoms with Crippen molar-refractivity contribution in [2.75, 3.05) is 18.8 Å². The van der Waals surface area contributed by atoms with Crippen molar-refractivity contribution in [1.82, 2.24) is 29.5 Å². The lowest BCUT2D eigenvalue weighted by Gasteiger charge is -2.32. The van der Waals surface area contributed by atoms with E-state index in [1.807, 2.05) is 17.6 Å². The molecule has 3 aromatic heterocycles. The molecule has 3 aromatic rings. The molecule has 26 heavy (non-hydrogen) atoms. The van der Waals surface area contributed by atoms with Crippen LogP contribution in [0.15, 0.2) is 24.7 Å². The number of hydrogen-bond acceptors (Lipinski definition) is 6. The van der Waals surface area contributed by atoms with Gasteiger partial charge in [0.1, 0.15) is 5.82 Å². The van der Waals surface area contributed by atoms with Crippen LogP contribution in [0, 0.1) is 19.8 Å². The Morgan fingerprint density at radius 1 is 1.23 bits per heavy atom. The van der Waals surface area contributed by atoms with Gasteiger partial charge in [-0.05, 0) is 51.6 Å². The average Bonchev–Trinajstić information content (AvgIpc) is 3.00. The van der Waals surface area contributed by atoms with Crippen LogP contribution in [0.5, 0.6) is 0 Å². The minimum absolute atomic E-state index is 0.557. The van der Waals surface area contributed by atoms with E-state index in [-0.39, 0.29) is 0 Å². The number of rotatable bonds is 4. The van der Waals surface area contributed by atoms with Crippen LogP contribution < -0.4 is 5.73 Å². The maximum Gasteiger partial charge on any atom is 0.159 e. The molecule has 1 fully saturated rings. The Morgan fingerprint density at radius 3 is 2.92 bits per heavy atom. The van der Waals surface area contributed by atoms with Gasteiger partial charge < -0.3 is 5.73 Å². The number of aryl methyl sites for hydroxylation is 2. The second-order valence-electron chi connectivity index (χ2n) is 7.28. The first-order valence-corrected chi connectivity index (χ1v) is 9.18. The zero-order valence-corrected chi connectivity index (χ0v) is 15.4. The van der Waals surface area contributed by atoms with Crippen molar-refractivity contribution in [3.8, 4) is 0 Å². The van der Waals surface area contributed by atoms with E-state index in [0.717, 1.165) is 48.8 Å². The topological polar surface area (TPSA) is 85.2 Å². The van der Waals surface area contributed by atoms with E-state index in [4.69, 9.17) is 10.7 Å². The Labute approximate surface area is 153 Å². The van der Waals surface area contributed by atoms with Crippen molar-refractivity contribution < 1.29 is 0 Å². The highest BCUT2D eigenvalue weighted by Gasteiger charge is 2.23. The first-order chi connectivity index (χ1) is 12.6. The molecule has 136 valence electrons. The summed E-state index contributed by atoms with van der Waals surface area (Å²) in [5.74, 6) is 1.11. The van der Waals surface area contributed by atoms with Crippen LogP contribution >= 0.6 is 0 Å². The number of piperidine rings is 1. The highest BCUT2D eigenvalue weighted by atomic mass is 15.3. The van der Waals surface area contributed by atoms with Crippen LogP contribution in [0.4, 0.5) is 5.82 Å². The van der Waals surface area contributed by atoms with Gasteiger partial charge in [-0.3, -0.25) is 9.88 Å². The molecule has 2 N–H and O–H groups in total. The number of aromatic nitrogens is 5. The smallest absolute Gasteiger partial charge is 0.159 e. The van der Waals surface area contributed by atoms with Gasteiger partial charge >= 0.3 is 0 Å². The van der Waals surface area contributed by atoms with Crippen LogP contribution in [-0.2, 0) is 13.0 Å². The highest BCUT2D eigenvalue weighted by Crippen LogP contribution is 2.24. The van der Waals surface area contributed by atoms with Crippen LogP contribution in [0.2, 0.25) is 0 Å². The number of likely N-dealkylation sites (tertiary alicyclic amines) is 1. The molecule has 7 nitrogen and oxygen atoms in total. The third-order valence-electron chi connectivity index (χ3n) is 5.14. The summed E-state index contributed by atoms with van der Waals surface area (Å²) >= 11 is 0. The van der Waals surface area contributed by atoms with E-state index in [1.165, 1.54) is 18.4 Å². The third-order valence-corrected chi connectivity index (χ3v) is 5.14. The van der Waals surface area contributed by atoms with Gasteiger partial charge in [0.15, 0.2) is 5.65 Å². The van der Waals surface area contributed by atoms with Crippen LogP contribution in [0.25, 0.3) is 5.65 Å². The Morgan fingerprint density at radius 2 is 2.08 bits per heavy atom. The van der Waals surface area contributed by atoms with Crippen molar-refractivity contribution in [1.29, 1.82) is 0 Å². The summed E-state index contributed by atoms with van der Waals surface area (Å²) < 4.78 is 1.93. The fourth-order valence-corrected chi connectivity index (χ4v) is 3.94. The number of hydrogen-bond donors (Lipinski definition) is 1. The van der Waals surface area contributed by atoms with Gasteiger partial charge in [0.25, 0.3) is 0 Å². The molecular formula is C19H25N7. The molecule has 1 saturated heterocycles. The molecule has 0 bridgehead atoms. The van der Waals surface area contributed by atoms with E-state index in [2.05, 4.69) is 33.0 Å². The normalized spacial score (nSPS) is 18.5. The first-order valence-electron chi connectivity index (χ1n) is 9.18. The molecule has 0 amide bonds. The van der Waals surface area contributed by atoms with Gasteiger partial charge in [0.2, 0.25) is 0 Å². The maximum atomic E-state index is 5.97. The second kappa shape index (κ2) is 6.99.